The van der Waals surface area contributed by atoms with E-state index in [1.54, 1.807) is 19.2 Å². The summed E-state index contributed by atoms with van der Waals surface area (Å²) in [4.78, 5) is 26.9. The predicted octanol–water partition coefficient (Wildman–Crippen LogP) is 0.166. The number of anilines is 1. The Morgan fingerprint density at radius 1 is 1.33 bits per heavy atom. The Bertz CT molecular complexity index is 591. The van der Waals surface area contributed by atoms with Crippen LogP contribution < -0.4 is 11.1 Å². The summed E-state index contributed by atoms with van der Waals surface area (Å²) in [7, 11) is 1.61. The fraction of sp³-hybridized carbons (Fsp3) is 0.0909. The largest absolute Gasteiger partial charge is 0.365 e. The molecule has 0 fully saturated rings. The highest BCUT2D eigenvalue weighted by Crippen LogP contribution is 2.14. The van der Waals surface area contributed by atoms with Crippen LogP contribution in [0.1, 0.15) is 20.7 Å². The summed E-state index contributed by atoms with van der Waals surface area (Å²) in [6.07, 6.45) is 4.32. The Hall–Kier alpha value is -2.70. The fourth-order valence-electron chi connectivity index (χ4n) is 1.45. The van der Waals surface area contributed by atoms with E-state index in [0.717, 1.165) is 0 Å². The number of nitrogens with zero attached hydrogens (tertiary/aromatic N) is 3. The second-order valence-corrected chi connectivity index (χ2v) is 3.58. The van der Waals surface area contributed by atoms with Crippen molar-refractivity contribution in [3.05, 3.63) is 41.9 Å². The molecule has 2 heterocycles. The minimum absolute atomic E-state index is 0.167. The molecule has 2 amide bonds. The lowest BCUT2D eigenvalue weighted by Gasteiger charge is -2.06. The van der Waals surface area contributed by atoms with Crippen molar-refractivity contribution in [2.75, 3.05) is 5.32 Å². The summed E-state index contributed by atoms with van der Waals surface area (Å²) in [6, 6.07) is 3.13. The van der Waals surface area contributed by atoms with E-state index in [-0.39, 0.29) is 17.3 Å². The molecule has 0 atom stereocenters. The summed E-state index contributed by atoms with van der Waals surface area (Å²) >= 11 is 0. The zero-order valence-corrected chi connectivity index (χ0v) is 9.62. The Labute approximate surface area is 103 Å². The van der Waals surface area contributed by atoms with Crippen LogP contribution in [0.4, 0.5) is 5.82 Å². The first-order chi connectivity index (χ1) is 8.59. The number of aryl methyl sites for hydroxylation is 1. The molecular formula is C11H11N5O2. The lowest BCUT2D eigenvalue weighted by atomic mass is 10.2. The fourth-order valence-corrected chi connectivity index (χ4v) is 1.45. The van der Waals surface area contributed by atoms with Gasteiger partial charge in [-0.25, -0.2) is 0 Å². The first-order valence-electron chi connectivity index (χ1n) is 5.13. The first kappa shape index (κ1) is 11.8. The summed E-state index contributed by atoms with van der Waals surface area (Å²) < 4.78 is 1.37. The van der Waals surface area contributed by atoms with Gasteiger partial charge in [0.2, 0.25) is 0 Å². The molecule has 7 nitrogen and oxygen atoms in total. The van der Waals surface area contributed by atoms with E-state index in [0.29, 0.717) is 5.56 Å². The summed E-state index contributed by atoms with van der Waals surface area (Å²) in [5, 5.41) is 6.46. The lowest BCUT2D eigenvalue weighted by molar-refractivity contribution is 0.100. The van der Waals surface area contributed by atoms with Gasteiger partial charge in [0.05, 0.1) is 6.20 Å². The molecule has 0 radical (unpaired) electrons. The molecule has 18 heavy (non-hydrogen) atoms. The number of rotatable bonds is 3. The number of nitrogens with one attached hydrogen (secondary N) is 1. The Morgan fingerprint density at radius 2 is 2.00 bits per heavy atom. The van der Waals surface area contributed by atoms with E-state index in [4.69, 9.17) is 5.73 Å². The van der Waals surface area contributed by atoms with Crippen LogP contribution >= 0.6 is 0 Å². The van der Waals surface area contributed by atoms with Crippen LogP contribution in [-0.2, 0) is 7.05 Å². The maximum Gasteiger partial charge on any atom is 0.256 e. The second-order valence-electron chi connectivity index (χ2n) is 3.58. The highest BCUT2D eigenvalue weighted by atomic mass is 16.2. The van der Waals surface area contributed by atoms with Gasteiger partial charge in [-0.2, -0.15) is 5.10 Å². The number of primary amides is 1. The van der Waals surface area contributed by atoms with E-state index in [2.05, 4.69) is 15.4 Å². The Balaban J connectivity index is 2.27. The van der Waals surface area contributed by atoms with Crippen molar-refractivity contribution in [3.8, 4) is 0 Å². The van der Waals surface area contributed by atoms with Crippen LogP contribution in [0.25, 0.3) is 0 Å². The van der Waals surface area contributed by atoms with Crippen molar-refractivity contribution in [3.63, 3.8) is 0 Å². The second kappa shape index (κ2) is 4.66. The van der Waals surface area contributed by atoms with Crippen molar-refractivity contribution in [1.29, 1.82) is 0 Å². The van der Waals surface area contributed by atoms with Crippen molar-refractivity contribution in [2.45, 2.75) is 0 Å². The van der Waals surface area contributed by atoms with E-state index >= 15 is 0 Å². The van der Waals surface area contributed by atoms with Crippen molar-refractivity contribution >= 4 is 17.6 Å². The zero-order valence-electron chi connectivity index (χ0n) is 9.62. The number of carbonyl (C=O) groups excluding carboxylic acids is 2. The van der Waals surface area contributed by atoms with Gasteiger partial charge in [0, 0.05) is 25.0 Å². The van der Waals surface area contributed by atoms with Crippen LogP contribution in [0, 0.1) is 0 Å². The zero-order chi connectivity index (χ0) is 13.1. The molecule has 0 spiro atoms. The summed E-state index contributed by atoms with van der Waals surface area (Å²) in [6.45, 7) is 0. The van der Waals surface area contributed by atoms with Gasteiger partial charge < -0.3 is 11.1 Å². The molecule has 2 aromatic rings. The van der Waals surface area contributed by atoms with Gasteiger partial charge in [-0.15, -0.1) is 0 Å². The number of hydrogen-bond donors (Lipinski definition) is 2. The van der Waals surface area contributed by atoms with Crippen LogP contribution in [0.15, 0.2) is 30.7 Å². The number of hydrogen-bond acceptors (Lipinski definition) is 4. The van der Waals surface area contributed by atoms with Gasteiger partial charge in [-0.1, -0.05) is 0 Å². The molecule has 0 bridgehead atoms. The SMILES string of the molecule is Cn1ncc(C(N)=O)c1NC(=O)c1ccncc1. The molecule has 0 unspecified atom stereocenters. The Morgan fingerprint density at radius 3 is 2.61 bits per heavy atom. The molecule has 0 aromatic carbocycles. The average Bonchev–Trinajstić information content (AvgIpc) is 2.72. The highest BCUT2D eigenvalue weighted by molar-refractivity contribution is 6.07. The topological polar surface area (TPSA) is 103 Å². The third-order valence-electron chi connectivity index (χ3n) is 2.38. The van der Waals surface area contributed by atoms with Gasteiger partial charge in [0.15, 0.2) is 0 Å². The van der Waals surface area contributed by atoms with Gasteiger partial charge in [-0.05, 0) is 12.1 Å². The van der Waals surface area contributed by atoms with Crippen LogP contribution in [0.3, 0.4) is 0 Å². The quantitative estimate of drug-likeness (QED) is 0.804. The molecule has 7 heteroatoms. The summed E-state index contributed by atoms with van der Waals surface area (Å²) in [5.74, 6) is -0.735. The first-order valence-corrected chi connectivity index (χ1v) is 5.13. The average molecular weight is 245 g/mol. The van der Waals surface area contributed by atoms with E-state index in [1.165, 1.54) is 23.3 Å². The van der Waals surface area contributed by atoms with E-state index in [9.17, 15) is 9.59 Å². The molecule has 0 aliphatic rings. The highest BCUT2D eigenvalue weighted by Gasteiger charge is 2.16. The van der Waals surface area contributed by atoms with Crippen LogP contribution in [-0.4, -0.2) is 26.6 Å². The maximum atomic E-state index is 11.9. The molecule has 92 valence electrons. The molecule has 0 saturated carbocycles. The van der Waals surface area contributed by atoms with E-state index in [1.807, 2.05) is 0 Å². The standard InChI is InChI=1S/C11H11N5O2/c1-16-10(8(6-14-16)9(12)17)15-11(18)7-2-4-13-5-3-7/h2-6H,1H3,(H2,12,17)(H,15,18). The minimum atomic E-state index is -0.645. The van der Waals surface area contributed by atoms with Crippen LogP contribution in [0.2, 0.25) is 0 Å². The lowest BCUT2D eigenvalue weighted by Crippen LogP contribution is -2.19. The number of carbonyl (C=O) groups is 2. The monoisotopic (exact) mass is 245 g/mol. The van der Waals surface area contributed by atoms with Gasteiger partial charge >= 0.3 is 0 Å². The number of nitrogens with two attached hydrogens (primary N) is 1. The maximum absolute atomic E-state index is 11.9. The number of aromatic nitrogens is 3. The smallest absolute Gasteiger partial charge is 0.256 e. The third kappa shape index (κ3) is 2.19. The number of pyridine rings is 1. The Kier molecular flexibility index (Phi) is 3.05. The normalized spacial score (nSPS) is 10.1. The van der Waals surface area contributed by atoms with Crippen LogP contribution in [0.5, 0.6) is 0 Å². The molecular weight excluding hydrogens is 234 g/mol. The van der Waals surface area contributed by atoms with Gasteiger partial charge in [-0.3, -0.25) is 19.3 Å². The minimum Gasteiger partial charge on any atom is -0.365 e. The summed E-state index contributed by atoms with van der Waals surface area (Å²) in [5.41, 5.74) is 5.79. The third-order valence-corrected chi connectivity index (χ3v) is 2.38. The molecule has 2 aromatic heterocycles. The number of amides is 2. The molecule has 2 rings (SSSR count). The predicted molar refractivity (Wildman–Crippen MR) is 63.9 cm³/mol. The van der Waals surface area contributed by atoms with E-state index < -0.39 is 5.91 Å². The molecule has 0 aliphatic carbocycles. The van der Waals surface area contributed by atoms with Crippen molar-refractivity contribution < 1.29 is 9.59 Å². The van der Waals surface area contributed by atoms with Gasteiger partial charge in [0.25, 0.3) is 11.8 Å². The molecule has 0 saturated heterocycles. The van der Waals surface area contributed by atoms with Crippen molar-refractivity contribution in [2.24, 2.45) is 12.8 Å². The van der Waals surface area contributed by atoms with Gasteiger partial charge in [0.1, 0.15) is 11.4 Å². The molecule has 3 N–H and O–H groups in total. The molecule has 0 aliphatic heterocycles. The van der Waals surface area contributed by atoms with Crippen molar-refractivity contribution in [1.82, 2.24) is 14.8 Å².